The average Bonchev–Trinajstić information content (AvgIpc) is 3.16. The summed E-state index contributed by atoms with van der Waals surface area (Å²) in [6.45, 7) is 0. The SMILES string of the molecule is O=S(=O)(O)c1c(N=Nc2c(O)ccc3ccccc23)ccc2ccccc12.O=S(=O)(O)c1c(N=Nc2c(O)ccc3ccccc23)ccc2ccccc12.[Ba]. The Bertz CT molecular complexity index is 2840. The fraction of sp³-hybridized carbons (Fsp3) is 0. The Hall–Kier alpha value is -5.01. The second-order valence-electron chi connectivity index (χ2n) is 11.9. The van der Waals surface area contributed by atoms with Gasteiger partial charge >= 0.3 is 0 Å². The summed E-state index contributed by atoms with van der Waals surface area (Å²) < 4.78 is 67.3. The standard InChI is InChI=1S/2C20H14N2O4S.Ba/c2*23-18-12-10-13-5-1-3-7-15(13)19(18)22-21-17-11-9-14-6-2-4-8-16(14)20(17)27(24,25)26;/h2*1-12,23H,(H,24,25,26);. The molecule has 0 saturated heterocycles. The number of hydrogen-bond donors (Lipinski definition) is 4. The molecule has 8 aromatic carbocycles. The maximum Gasteiger partial charge on any atom is 0.297 e. The smallest absolute Gasteiger partial charge is 0.297 e. The molecule has 0 aromatic heterocycles. The van der Waals surface area contributed by atoms with E-state index in [4.69, 9.17) is 0 Å². The maximum absolute atomic E-state index is 12.0. The third-order valence-corrected chi connectivity index (χ3v) is 10.4. The minimum atomic E-state index is -4.53. The largest absolute Gasteiger partial charge is 0.506 e. The molecule has 0 aliphatic rings. The van der Waals surface area contributed by atoms with E-state index in [0.29, 0.717) is 32.3 Å². The Morgan fingerprint density at radius 1 is 0.364 bits per heavy atom. The van der Waals surface area contributed by atoms with Crippen molar-refractivity contribution in [1.29, 1.82) is 0 Å². The zero-order valence-electron chi connectivity index (χ0n) is 28.6. The monoisotopic (exact) mass is 894 g/mol. The molecule has 0 unspecified atom stereocenters. The molecule has 4 N–H and O–H groups in total. The van der Waals surface area contributed by atoms with Gasteiger partial charge in [-0.2, -0.15) is 16.8 Å². The quantitative estimate of drug-likeness (QED) is 0.0718. The van der Waals surface area contributed by atoms with Gasteiger partial charge in [0.15, 0.2) is 0 Å². The zero-order valence-corrected chi connectivity index (χ0v) is 34.7. The number of azo groups is 2. The van der Waals surface area contributed by atoms with Crippen LogP contribution in [0.15, 0.2) is 176 Å². The Morgan fingerprint density at radius 2 is 0.655 bits per heavy atom. The van der Waals surface area contributed by atoms with E-state index in [2.05, 4.69) is 20.5 Å². The number of rotatable bonds is 6. The minimum Gasteiger partial charge on any atom is -0.506 e. The van der Waals surface area contributed by atoms with Gasteiger partial charge in [-0.3, -0.25) is 9.11 Å². The van der Waals surface area contributed by atoms with E-state index >= 15 is 0 Å². The predicted molar refractivity (Wildman–Crippen MR) is 213 cm³/mol. The van der Waals surface area contributed by atoms with Crippen molar-refractivity contribution in [3.05, 3.63) is 146 Å². The Morgan fingerprint density at radius 3 is 1.00 bits per heavy atom. The van der Waals surface area contributed by atoms with Crippen molar-refractivity contribution in [3.8, 4) is 11.5 Å². The van der Waals surface area contributed by atoms with Crippen LogP contribution in [-0.4, -0.2) is 85.0 Å². The molecule has 15 heteroatoms. The molecule has 0 aliphatic carbocycles. The first kappa shape index (κ1) is 39.7. The van der Waals surface area contributed by atoms with Crippen LogP contribution in [-0.2, 0) is 20.2 Å². The molecule has 0 saturated carbocycles. The van der Waals surface area contributed by atoms with Gasteiger partial charge in [-0.15, -0.1) is 20.5 Å². The molecule has 0 fully saturated rings. The molecule has 0 amide bonds. The molecule has 2 radical (unpaired) electrons. The van der Waals surface area contributed by atoms with E-state index in [-0.39, 0.29) is 92.9 Å². The van der Waals surface area contributed by atoms with Crippen LogP contribution in [0.3, 0.4) is 0 Å². The van der Waals surface area contributed by atoms with E-state index in [0.717, 1.165) is 10.8 Å². The summed E-state index contributed by atoms with van der Waals surface area (Å²) in [4.78, 5) is -0.631. The van der Waals surface area contributed by atoms with Crippen LogP contribution in [0.1, 0.15) is 0 Å². The van der Waals surface area contributed by atoms with Gasteiger partial charge in [0, 0.05) is 70.4 Å². The van der Waals surface area contributed by atoms with Crippen LogP contribution in [0.5, 0.6) is 11.5 Å². The fourth-order valence-electron chi connectivity index (χ4n) is 6.07. The normalized spacial score (nSPS) is 12.0. The second kappa shape index (κ2) is 16.4. The van der Waals surface area contributed by atoms with Gasteiger partial charge < -0.3 is 10.2 Å². The topological polar surface area (TPSA) is 199 Å². The van der Waals surface area contributed by atoms with Gasteiger partial charge in [0.1, 0.15) is 44.0 Å². The third kappa shape index (κ3) is 8.47. The number of benzene rings is 8. The molecule has 12 nitrogen and oxygen atoms in total. The van der Waals surface area contributed by atoms with Crippen molar-refractivity contribution in [3.63, 3.8) is 0 Å². The molecule has 8 rings (SSSR count). The molecule has 270 valence electrons. The molecule has 8 aromatic rings. The Balaban J connectivity index is 0.000000184. The van der Waals surface area contributed by atoms with Crippen molar-refractivity contribution in [2.24, 2.45) is 20.5 Å². The average molecular weight is 894 g/mol. The number of phenolic OH excluding ortho intramolecular Hbond substituents is 2. The summed E-state index contributed by atoms with van der Waals surface area (Å²) in [5.41, 5.74) is 0.428. The van der Waals surface area contributed by atoms with Crippen molar-refractivity contribution < 1.29 is 36.2 Å². The molecule has 0 bridgehead atoms. The number of aromatic hydroxyl groups is 2. The summed E-state index contributed by atoms with van der Waals surface area (Å²) in [5.74, 6) is -0.154. The molecule has 0 aliphatic heterocycles. The number of fused-ring (bicyclic) bond motifs is 4. The van der Waals surface area contributed by atoms with Crippen LogP contribution in [0.25, 0.3) is 43.1 Å². The van der Waals surface area contributed by atoms with Gasteiger partial charge in [0.25, 0.3) is 20.2 Å². The van der Waals surface area contributed by atoms with Crippen molar-refractivity contribution in [1.82, 2.24) is 0 Å². The first-order valence-corrected chi connectivity index (χ1v) is 19.0. The van der Waals surface area contributed by atoms with Crippen molar-refractivity contribution in [2.45, 2.75) is 9.79 Å². The maximum atomic E-state index is 12.0. The van der Waals surface area contributed by atoms with Gasteiger partial charge in [-0.1, -0.05) is 121 Å². The molecular formula is C40H28BaN4O8S2. The zero-order chi connectivity index (χ0) is 38.0. The number of phenols is 2. The van der Waals surface area contributed by atoms with Gasteiger partial charge in [-0.05, 0) is 45.8 Å². The first-order valence-electron chi connectivity index (χ1n) is 16.1. The molecule has 0 heterocycles. The van der Waals surface area contributed by atoms with Crippen LogP contribution < -0.4 is 0 Å². The van der Waals surface area contributed by atoms with Crippen LogP contribution in [0, 0.1) is 0 Å². The van der Waals surface area contributed by atoms with E-state index in [1.165, 1.54) is 24.3 Å². The van der Waals surface area contributed by atoms with E-state index < -0.39 is 20.2 Å². The first-order chi connectivity index (χ1) is 25.9. The third-order valence-electron chi connectivity index (χ3n) is 8.51. The Labute approximate surface area is 355 Å². The number of nitrogens with zero attached hydrogens (tertiary/aromatic N) is 4. The summed E-state index contributed by atoms with van der Waals surface area (Å²) in [6, 6.07) is 41.0. The molecular weight excluding hydrogens is 866 g/mol. The minimum absolute atomic E-state index is 0. The molecule has 0 spiro atoms. The van der Waals surface area contributed by atoms with E-state index in [9.17, 15) is 36.2 Å². The summed E-state index contributed by atoms with van der Waals surface area (Å²) >= 11 is 0. The van der Waals surface area contributed by atoms with Gasteiger partial charge in [0.05, 0.1) is 0 Å². The van der Waals surface area contributed by atoms with E-state index in [1.807, 2.05) is 24.3 Å². The van der Waals surface area contributed by atoms with Crippen LogP contribution in [0.4, 0.5) is 22.7 Å². The Kier molecular flexibility index (Phi) is 11.8. The number of hydrogen-bond acceptors (Lipinski definition) is 10. The van der Waals surface area contributed by atoms with Crippen LogP contribution in [0.2, 0.25) is 0 Å². The summed E-state index contributed by atoms with van der Waals surface area (Å²) in [7, 11) is -9.07. The predicted octanol–water partition coefficient (Wildman–Crippen LogP) is 10.3. The van der Waals surface area contributed by atoms with Crippen LogP contribution >= 0.6 is 0 Å². The van der Waals surface area contributed by atoms with Gasteiger partial charge in [0.2, 0.25) is 0 Å². The van der Waals surface area contributed by atoms with Crippen molar-refractivity contribution in [2.75, 3.05) is 0 Å². The molecule has 0 atom stereocenters. The summed E-state index contributed by atoms with van der Waals surface area (Å²) in [5, 5.41) is 41.6. The van der Waals surface area contributed by atoms with E-state index in [1.54, 1.807) is 97.1 Å². The second-order valence-corrected chi connectivity index (χ2v) is 14.6. The molecule has 55 heavy (non-hydrogen) atoms. The fourth-order valence-corrected chi connectivity index (χ4v) is 7.74. The van der Waals surface area contributed by atoms with Crippen molar-refractivity contribution >= 4 is 135 Å². The van der Waals surface area contributed by atoms with Gasteiger partial charge in [-0.25, -0.2) is 0 Å². The summed E-state index contributed by atoms with van der Waals surface area (Å²) in [6.07, 6.45) is 0.